The maximum absolute atomic E-state index is 12.6. The molecule has 0 atom stereocenters. The summed E-state index contributed by atoms with van der Waals surface area (Å²) in [5.74, 6) is -0.633. The highest BCUT2D eigenvalue weighted by Gasteiger charge is 2.16. The van der Waals surface area contributed by atoms with Gasteiger partial charge in [-0.15, -0.1) is 0 Å². The number of para-hydroxylation sites is 1. The summed E-state index contributed by atoms with van der Waals surface area (Å²) < 4.78 is 6.97. The molecule has 0 aliphatic rings. The summed E-state index contributed by atoms with van der Waals surface area (Å²) in [5.41, 5.74) is 2.27. The minimum absolute atomic E-state index is 0.0567. The number of nitrogens with one attached hydrogen (secondary N) is 2. The zero-order chi connectivity index (χ0) is 24.7. The molecule has 3 rings (SSSR count). The minimum Gasteiger partial charge on any atom is -0.508 e. The molecular formula is C25H19Br2N3O4. The Kier molecular flexibility index (Phi) is 8.46. The van der Waals surface area contributed by atoms with Crippen molar-refractivity contribution in [2.45, 2.75) is 6.92 Å². The molecule has 7 nitrogen and oxygen atoms in total. The Labute approximate surface area is 213 Å². The lowest BCUT2D eigenvalue weighted by molar-refractivity contribution is -0.118. The first-order chi connectivity index (χ1) is 16.3. The predicted octanol–water partition coefficient (Wildman–Crippen LogP) is 5.79. The van der Waals surface area contributed by atoms with Gasteiger partial charge in [0.25, 0.3) is 11.8 Å². The van der Waals surface area contributed by atoms with Gasteiger partial charge in [0.05, 0.1) is 4.47 Å². The third-order valence-corrected chi connectivity index (χ3v) is 5.64. The molecule has 2 amide bonds. The van der Waals surface area contributed by atoms with E-state index in [0.717, 1.165) is 5.56 Å². The smallest absolute Gasteiger partial charge is 0.266 e. The van der Waals surface area contributed by atoms with Gasteiger partial charge in [-0.3, -0.25) is 9.59 Å². The normalized spacial score (nSPS) is 10.8. The van der Waals surface area contributed by atoms with E-state index in [1.807, 2.05) is 31.2 Å². The van der Waals surface area contributed by atoms with Crippen molar-refractivity contribution >= 4 is 61.1 Å². The van der Waals surface area contributed by atoms with Crippen LogP contribution < -0.4 is 15.4 Å². The highest BCUT2D eigenvalue weighted by molar-refractivity contribution is 9.11. The average molecular weight is 585 g/mol. The zero-order valence-corrected chi connectivity index (χ0v) is 21.1. The number of nitrogens with zero attached hydrogens (tertiary/aromatic N) is 1. The van der Waals surface area contributed by atoms with Crippen molar-refractivity contribution in [2.75, 3.05) is 17.2 Å². The van der Waals surface area contributed by atoms with Gasteiger partial charge in [0.15, 0.2) is 6.61 Å². The minimum atomic E-state index is -0.632. The number of anilines is 2. The fraction of sp³-hybridized carbons (Fsp3) is 0.0800. The van der Waals surface area contributed by atoms with Crippen LogP contribution >= 0.6 is 31.9 Å². The van der Waals surface area contributed by atoms with Crippen molar-refractivity contribution < 1.29 is 19.4 Å². The van der Waals surface area contributed by atoms with Gasteiger partial charge in [-0.1, -0.05) is 34.1 Å². The molecule has 3 N–H and O–H groups in total. The van der Waals surface area contributed by atoms with Crippen molar-refractivity contribution in [1.82, 2.24) is 0 Å². The molecule has 0 heterocycles. The first-order valence-corrected chi connectivity index (χ1v) is 11.5. The molecule has 0 spiro atoms. The Bertz CT molecular complexity index is 1300. The fourth-order valence-electron chi connectivity index (χ4n) is 2.92. The second kappa shape index (κ2) is 11.5. The number of rotatable bonds is 7. The van der Waals surface area contributed by atoms with Gasteiger partial charge >= 0.3 is 0 Å². The Morgan fingerprint density at radius 1 is 1.09 bits per heavy atom. The van der Waals surface area contributed by atoms with Crippen LogP contribution in [-0.2, 0) is 9.59 Å². The molecule has 3 aromatic rings. The molecule has 0 saturated carbocycles. The largest absolute Gasteiger partial charge is 0.508 e. The second-order valence-corrected chi connectivity index (χ2v) is 8.90. The molecule has 0 saturated heterocycles. The summed E-state index contributed by atoms with van der Waals surface area (Å²) in [4.78, 5) is 25.1. The molecule has 3 aromatic carbocycles. The maximum atomic E-state index is 12.6. The molecule has 0 unspecified atom stereocenters. The number of nitriles is 1. The van der Waals surface area contributed by atoms with Crippen LogP contribution in [0.15, 0.2) is 75.2 Å². The van der Waals surface area contributed by atoms with Crippen molar-refractivity contribution in [1.29, 1.82) is 5.26 Å². The number of aryl methyl sites for hydroxylation is 1. The lowest BCUT2D eigenvalue weighted by Gasteiger charge is -2.13. The molecular weight excluding hydrogens is 566 g/mol. The van der Waals surface area contributed by atoms with Crippen molar-refractivity contribution in [3.63, 3.8) is 0 Å². The van der Waals surface area contributed by atoms with Gasteiger partial charge in [0.1, 0.15) is 23.1 Å². The number of carbonyl (C=O) groups excluding carboxylic acids is 2. The van der Waals surface area contributed by atoms with Crippen LogP contribution in [0.5, 0.6) is 11.5 Å². The molecule has 0 aromatic heterocycles. The average Bonchev–Trinajstić information content (AvgIpc) is 2.79. The second-order valence-electron chi connectivity index (χ2n) is 7.13. The standard InChI is InChI=1S/C25H19Br2N3O4/c1-15-4-2-3-5-22(15)30-23(32)14-34-24-16(11-18(26)12-21(24)27)10-17(13-28)25(33)29-19-6-8-20(31)9-7-19/h2-12,31H,14H2,1H3,(H,29,33)(H,30,32)/b17-10+. The van der Waals surface area contributed by atoms with Gasteiger partial charge in [0.2, 0.25) is 0 Å². The van der Waals surface area contributed by atoms with Crippen LogP contribution in [0.2, 0.25) is 0 Å². The van der Waals surface area contributed by atoms with Crippen LogP contribution in [0.25, 0.3) is 6.08 Å². The molecule has 0 bridgehead atoms. The number of benzene rings is 3. The summed E-state index contributed by atoms with van der Waals surface area (Å²) in [5, 5.41) is 24.3. The van der Waals surface area contributed by atoms with Crippen molar-refractivity contribution in [2.24, 2.45) is 0 Å². The van der Waals surface area contributed by atoms with Gasteiger partial charge in [-0.25, -0.2) is 0 Å². The number of hydrogen-bond donors (Lipinski definition) is 3. The van der Waals surface area contributed by atoms with E-state index in [1.165, 1.54) is 30.3 Å². The quantitative estimate of drug-likeness (QED) is 0.185. The van der Waals surface area contributed by atoms with Crippen molar-refractivity contribution in [3.05, 3.63) is 86.3 Å². The number of phenolic OH excluding ortho intramolecular Hbond substituents is 1. The fourth-order valence-corrected chi connectivity index (χ4v) is 4.30. The van der Waals surface area contributed by atoms with E-state index in [1.54, 1.807) is 18.2 Å². The Morgan fingerprint density at radius 2 is 1.79 bits per heavy atom. The van der Waals surface area contributed by atoms with Gasteiger partial charge in [0, 0.05) is 21.4 Å². The van der Waals surface area contributed by atoms with Gasteiger partial charge in [-0.2, -0.15) is 5.26 Å². The maximum Gasteiger partial charge on any atom is 0.266 e. The van der Waals surface area contributed by atoms with Crippen LogP contribution in [0.1, 0.15) is 11.1 Å². The van der Waals surface area contributed by atoms with E-state index in [0.29, 0.717) is 31.6 Å². The summed E-state index contributed by atoms with van der Waals surface area (Å²) in [6.45, 7) is 1.61. The summed E-state index contributed by atoms with van der Waals surface area (Å²) in [7, 11) is 0. The summed E-state index contributed by atoms with van der Waals surface area (Å²) >= 11 is 6.80. The third-order valence-electron chi connectivity index (χ3n) is 4.59. The molecule has 0 fully saturated rings. The van der Waals surface area contributed by atoms with E-state index in [4.69, 9.17) is 4.74 Å². The first-order valence-electron chi connectivity index (χ1n) is 9.96. The molecule has 34 heavy (non-hydrogen) atoms. The van der Waals surface area contributed by atoms with Gasteiger partial charge in [-0.05, 0) is 77.0 Å². The van der Waals surface area contributed by atoms with Gasteiger partial charge < -0.3 is 20.5 Å². The van der Waals surface area contributed by atoms with Crippen LogP contribution in [0, 0.1) is 18.3 Å². The van der Waals surface area contributed by atoms with E-state index in [9.17, 15) is 20.0 Å². The Morgan fingerprint density at radius 3 is 2.47 bits per heavy atom. The van der Waals surface area contributed by atoms with Crippen LogP contribution in [0.4, 0.5) is 11.4 Å². The van der Waals surface area contributed by atoms with Crippen molar-refractivity contribution in [3.8, 4) is 17.6 Å². The number of halogens is 2. The number of phenols is 1. The number of ether oxygens (including phenoxy) is 1. The number of carbonyl (C=O) groups is 2. The van der Waals surface area contributed by atoms with Crippen LogP contribution in [0.3, 0.4) is 0 Å². The number of aromatic hydroxyl groups is 1. The van der Waals surface area contributed by atoms with E-state index < -0.39 is 5.91 Å². The predicted molar refractivity (Wildman–Crippen MR) is 137 cm³/mol. The first kappa shape index (κ1) is 25.0. The lowest BCUT2D eigenvalue weighted by Crippen LogP contribution is -2.21. The Balaban J connectivity index is 1.80. The molecule has 0 radical (unpaired) electrons. The van der Waals surface area contributed by atoms with E-state index in [2.05, 4.69) is 42.5 Å². The van der Waals surface area contributed by atoms with E-state index >= 15 is 0 Å². The molecule has 0 aliphatic heterocycles. The number of hydrogen-bond acceptors (Lipinski definition) is 5. The molecule has 0 aliphatic carbocycles. The monoisotopic (exact) mass is 583 g/mol. The molecule has 9 heteroatoms. The summed E-state index contributed by atoms with van der Waals surface area (Å²) in [6.07, 6.45) is 1.37. The lowest BCUT2D eigenvalue weighted by atomic mass is 10.1. The highest BCUT2D eigenvalue weighted by Crippen LogP contribution is 2.34. The molecule has 172 valence electrons. The zero-order valence-electron chi connectivity index (χ0n) is 17.9. The number of amides is 2. The topological polar surface area (TPSA) is 111 Å². The SMILES string of the molecule is Cc1ccccc1NC(=O)COc1c(Br)cc(Br)cc1/C=C(\C#N)C(=O)Nc1ccc(O)cc1. The van der Waals surface area contributed by atoms with E-state index in [-0.39, 0.29) is 23.8 Å². The Hall–Kier alpha value is -3.61. The van der Waals surface area contributed by atoms with Crippen LogP contribution in [-0.4, -0.2) is 23.5 Å². The third kappa shape index (κ3) is 6.70. The highest BCUT2D eigenvalue weighted by atomic mass is 79.9. The summed E-state index contributed by atoms with van der Waals surface area (Å²) in [6, 6.07) is 18.5.